The first kappa shape index (κ1) is 12.8. The van der Waals surface area contributed by atoms with Crippen molar-refractivity contribution in [1.82, 2.24) is 0 Å². The van der Waals surface area contributed by atoms with Gasteiger partial charge in [-0.15, -0.1) is 0 Å². The fraction of sp³-hybridized carbons (Fsp3) is 1.00. The Kier molecular flexibility index (Phi) is 4.72. The van der Waals surface area contributed by atoms with E-state index >= 15 is 0 Å². The first-order chi connectivity index (χ1) is 6.63. The van der Waals surface area contributed by atoms with Crippen molar-refractivity contribution in [1.29, 1.82) is 0 Å². The second-order valence-corrected chi connectivity index (χ2v) is 13.4. The van der Waals surface area contributed by atoms with Crippen LogP contribution in [0.25, 0.3) is 0 Å². The Labute approximate surface area is 94.5 Å². The fourth-order valence-corrected chi connectivity index (χ4v) is 9.81. The summed E-state index contributed by atoms with van der Waals surface area (Å²) in [7, 11) is 0. The third-order valence-electron chi connectivity index (χ3n) is 3.82. The van der Waals surface area contributed by atoms with Crippen LogP contribution < -0.4 is 0 Å². The number of halogens is 1. The van der Waals surface area contributed by atoms with E-state index in [4.69, 9.17) is 11.2 Å². The van der Waals surface area contributed by atoms with E-state index in [0.717, 1.165) is 0 Å². The molecule has 0 radical (unpaired) electrons. The summed E-state index contributed by atoms with van der Waals surface area (Å²) in [5.41, 5.74) is 0. The molecule has 0 unspecified atom stereocenters. The molecule has 1 saturated heterocycles. The SMILES string of the molecule is CCCCP1(Cl)(CCCC)CCCC1. The molecular formula is C12H26ClP. The summed E-state index contributed by atoms with van der Waals surface area (Å²) in [6, 6.07) is 0. The van der Waals surface area contributed by atoms with E-state index in [0.29, 0.717) is 0 Å². The third-order valence-corrected chi connectivity index (χ3v) is 11.6. The molecule has 0 nitrogen and oxygen atoms in total. The van der Waals surface area contributed by atoms with Gasteiger partial charge in [0, 0.05) is 0 Å². The normalized spacial score (nSPS) is 26.9. The van der Waals surface area contributed by atoms with Gasteiger partial charge in [-0.2, -0.15) is 0 Å². The van der Waals surface area contributed by atoms with Gasteiger partial charge in [-0.05, 0) is 0 Å². The Bertz CT molecular complexity index is 161. The van der Waals surface area contributed by atoms with Crippen molar-refractivity contribution in [3.8, 4) is 0 Å². The molecule has 0 aromatic rings. The van der Waals surface area contributed by atoms with Gasteiger partial charge >= 0.3 is 94.2 Å². The van der Waals surface area contributed by atoms with E-state index in [1.807, 2.05) is 0 Å². The molecule has 1 rings (SSSR count). The molecule has 2 heteroatoms. The fourth-order valence-electron chi connectivity index (χ4n) is 2.79. The molecule has 14 heavy (non-hydrogen) atoms. The van der Waals surface area contributed by atoms with Crippen LogP contribution in [0.3, 0.4) is 0 Å². The zero-order valence-corrected chi connectivity index (χ0v) is 11.5. The second kappa shape index (κ2) is 5.17. The summed E-state index contributed by atoms with van der Waals surface area (Å²) in [4.78, 5) is 0. The molecule has 1 aliphatic heterocycles. The number of unbranched alkanes of at least 4 members (excludes halogenated alkanes) is 2. The van der Waals surface area contributed by atoms with Crippen LogP contribution >= 0.6 is 17.2 Å². The molecule has 0 N–H and O–H groups in total. The molecule has 86 valence electrons. The maximum absolute atomic E-state index is 7.12. The van der Waals surface area contributed by atoms with Gasteiger partial charge in [0.15, 0.2) is 0 Å². The van der Waals surface area contributed by atoms with E-state index in [9.17, 15) is 0 Å². The van der Waals surface area contributed by atoms with Gasteiger partial charge in [-0.3, -0.25) is 0 Å². The van der Waals surface area contributed by atoms with Gasteiger partial charge in [0.1, 0.15) is 0 Å². The monoisotopic (exact) mass is 236 g/mol. The van der Waals surface area contributed by atoms with Crippen LogP contribution in [-0.2, 0) is 0 Å². The Balaban J connectivity index is 2.57. The van der Waals surface area contributed by atoms with Crippen LogP contribution in [0.4, 0.5) is 0 Å². The summed E-state index contributed by atoms with van der Waals surface area (Å²) in [6.07, 6.45) is 13.7. The van der Waals surface area contributed by atoms with Crippen molar-refractivity contribution < 1.29 is 0 Å². The van der Waals surface area contributed by atoms with Crippen molar-refractivity contribution >= 4 is 17.2 Å². The van der Waals surface area contributed by atoms with Crippen LogP contribution in [0.15, 0.2) is 0 Å². The van der Waals surface area contributed by atoms with Crippen molar-refractivity contribution in [2.75, 3.05) is 24.6 Å². The average molecular weight is 237 g/mol. The summed E-state index contributed by atoms with van der Waals surface area (Å²) >= 11 is 7.12. The first-order valence-electron chi connectivity index (χ1n) is 6.35. The molecule has 0 aromatic carbocycles. The van der Waals surface area contributed by atoms with E-state index in [1.165, 1.54) is 63.2 Å². The predicted octanol–water partition coefficient (Wildman–Crippen LogP) is 5.09. The summed E-state index contributed by atoms with van der Waals surface area (Å²) in [5.74, 6) is -1.67. The Hall–Kier alpha value is 0.720. The van der Waals surface area contributed by atoms with E-state index in [1.54, 1.807) is 0 Å². The van der Waals surface area contributed by atoms with E-state index < -0.39 is 5.96 Å². The first-order valence-corrected chi connectivity index (χ1v) is 10.2. The molecule has 1 heterocycles. The molecule has 0 atom stereocenters. The zero-order chi connectivity index (χ0) is 10.5. The van der Waals surface area contributed by atoms with Gasteiger partial charge in [-0.1, -0.05) is 0 Å². The van der Waals surface area contributed by atoms with Crippen molar-refractivity contribution in [3.05, 3.63) is 0 Å². The van der Waals surface area contributed by atoms with Gasteiger partial charge < -0.3 is 0 Å². The van der Waals surface area contributed by atoms with Crippen molar-refractivity contribution in [2.45, 2.75) is 52.4 Å². The van der Waals surface area contributed by atoms with Crippen LogP contribution in [0.1, 0.15) is 52.4 Å². The number of hydrogen-bond acceptors (Lipinski definition) is 0. The quantitative estimate of drug-likeness (QED) is 0.564. The third kappa shape index (κ3) is 3.11. The predicted molar refractivity (Wildman–Crippen MR) is 71.3 cm³/mol. The molecular weight excluding hydrogens is 211 g/mol. The Morgan fingerprint density at radius 2 is 1.36 bits per heavy atom. The molecule has 0 amide bonds. The average Bonchev–Trinajstić information content (AvgIpc) is 2.58. The molecule has 1 fully saturated rings. The van der Waals surface area contributed by atoms with Crippen molar-refractivity contribution in [3.63, 3.8) is 0 Å². The molecule has 1 aliphatic rings. The molecule has 0 aromatic heterocycles. The van der Waals surface area contributed by atoms with Gasteiger partial charge in [0.2, 0.25) is 0 Å². The van der Waals surface area contributed by atoms with Crippen LogP contribution in [0.5, 0.6) is 0 Å². The molecule has 0 saturated carbocycles. The number of hydrogen-bond donors (Lipinski definition) is 0. The molecule has 0 spiro atoms. The maximum atomic E-state index is 7.12. The van der Waals surface area contributed by atoms with Gasteiger partial charge in [-0.25, -0.2) is 0 Å². The molecule has 0 bridgehead atoms. The second-order valence-electron chi connectivity index (χ2n) is 5.13. The van der Waals surface area contributed by atoms with Gasteiger partial charge in [0.25, 0.3) is 0 Å². The van der Waals surface area contributed by atoms with Crippen LogP contribution in [0.2, 0.25) is 0 Å². The number of rotatable bonds is 6. The van der Waals surface area contributed by atoms with Gasteiger partial charge in [0.05, 0.1) is 0 Å². The zero-order valence-electron chi connectivity index (χ0n) is 9.90. The Morgan fingerprint density at radius 1 is 0.929 bits per heavy atom. The van der Waals surface area contributed by atoms with Crippen LogP contribution in [-0.4, -0.2) is 24.6 Å². The Morgan fingerprint density at radius 3 is 1.71 bits per heavy atom. The van der Waals surface area contributed by atoms with Crippen LogP contribution in [0, 0.1) is 0 Å². The summed E-state index contributed by atoms with van der Waals surface area (Å²) < 4.78 is 0. The minimum atomic E-state index is -1.67. The standard InChI is InChI=1S/C12H26ClP/c1-3-5-9-14(13,10-6-4-2)11-7-8-12-14/h3-12H2,1-2H3. The summed E-state index contributed by atoms with van der Waals surface area (Å²) in [6.45, 7) is 4.57. The van der Waals surface area contributed by atoms with Crippen molar-refractivity contribution in [2.24, 2.45) is 0 Å². The molecule has 0 aliphatic carbocycles. The van der Waals surface area contributed by atoms with E-state index in [-0.39, 0.29) is 0 Å². The van der Waals surface area contributed by atoms with E-state index in [2.05, 4.69) is 13.8 Å². The summed E-state index contributed by atoms with van der Waals surface area (Å²) in [5, 5.41) is 0. The topological polar surface area (TPSA) is 0 Å². The minimum absolute atomic E-state index is 1.32.